The Kier molecular flexibility index (Phi) is 2.22. The van der Waals surface area contributed by atoms with E-state index in [1.165, 1.54) is 38.5 Å². The summed E-state index contributed by atoms with van der Waals surface area (Å²) in [5, 5.41) is 0. The molecule has 17 heavy (non-hydrogen) atoms. The molecular formula is C15H25NO. The molecule has 2 heteroatoms. The van der Waals surface area contributed by atoms with Crippen LogP contribution in [0.5, 0.6) is 0 Å². The molecule has 1 amide bonds. The summed E-state index contributed by atoms with van der Waals surface area (Å²) in [4.78, 5) is 14.8. The quantitative estimate of drug-likeness (QED) is 0.682. The minimum Gasteiger partial charge on any atom is -0.337 e. The minimum atomic E-state index is -0.104. The fourth-order valence-corrected chi connectivity index (χ4v) is 4.18. The minimum absolute atomic E-state index is 0.104. The van der Waals surface area contributed by atoms with Gasteiger partial charge >= 0.3 is 0 Å². The summed E-state index contributed by atoms with van der Waals surface area (Å²) < 4.78 is 0. The van der Waals surface area contributed by atoms with Crippen molar-refractivity contribution in [2.75, 3.05) is 6.54 Å². The predicted molar refractivity (Wildman–Crippen MR) is 68.7 cm³/mol. The van der Waals surface area contributed by atoms with E-state index in [4.69, 9.17) is 0 Å². The number of fused-ring (bicyclic) bond motifs is 3. The SMILES string of the molecule is CC12CCC(N3CCC(C)(C)C3=O)(CC1)CC2. The largest absolute Gasteiger partial charge is 0.337 e. The first-order chi connectivity index (χ1) is 7.87. The molecule has 0 aromatic rings. The topological polar surface area (TPSA) is 20.3 Å². The van der Waals surface area contributed by atoms with Gasteiger partial charge in [0.15, 0.2) is 0 Å². The van der Waals surface area contributed by atoms with Crippen molar-refractivity contribution in [2.45, 2.75) is 71.3 Å². The molecule has 1 aliphatic heterocycles. The molecule has 96 valence electrons. The highest BCUT2D eigenvalue weighted by Crippen LogP contribution is 2.55. The van der Waals surface area contributed by atoms with Gasteiger partial charge in [0.25, 0.3) is 0 Å². The molecule has 4 fully saturated rings. The highest BCUT2D eigenvalue weighted by molar-refractivity contribution is 5.84. The molecule has 0 aromatic carbocycles. The summed E-state index contributed by atoms with van der Waals surface area (Å²) in [6.45, 7) is 7.66. The third kappa shape index (κ3) is 1.56. The highest BCUT2D eigenvalue weighted by Gasteiger charge is 2.54. The number of nitrogens with zero attached hydrogens (tertiary/aromatic N) is 1. The standard InChI is InChI=1S/C15H25NO/c1-13(2)10-11-16(12(13)17)15-7-4-14(3,5-8-15)6-9-15/h4-11H2,1-3H3. The van der Waals surface area contributed by atoms with Gasteiger partial charge in [-0.2, -0.15) is 0 Å². The Morgan fingerprint density at radius 3 is 1.82 bits per heavy atom. The third-order valence-electron chi connectivity index (χ3n) is 5.94. The summed E-state index contributed by atoms with van der Waals surface area (Å²) in [5.41, 5.74) is 0.746. The molecule has 0 atom stereocenters. The first kappa shape index (κ1) is 11.6. The number of rotatable bonds is 1. The van der Waals surface area contributed by atoms with E-state index in [1.54, 1.807) is 0 Å². The zero-order valence-corrected chi connectivity index (χ0v) is 11.5. The number of carbonyl (C=O) groups is 1. The number of likely N-dealkylation sites (tertiary alicyclic amines) is 1. The average Bonchev–Trinajstić information content (AvgIpc) is 2.57. The molecule has 3 aliphatic carbocycles. The molecular weight excluding hydrogens is 210 g/mol. The molecule has 0 N–H and O–H groups in total. The number of hydrogen-bond acceptors (Lipinski definition) is 1. The van der Waals surface area contributed by atoms with Crippen LogP contribution in [0.3, 0.4) is 0 Å². The molecule has 0 aromatic heterocycles. The van der Waals surface area contributed by atoms with E-state index < -0.39 is 0 Å². The molecule has 4 aliphatic rings. The highest BCUT2D eigenvalue weighted by atomic mass is 16.2. The molecule has 0 unspecified atom stereocenters. The lowest BCUT2D eigenvalue weighted by Gasteiger charge is -2.56. The van der Waals surface area contributed by atoms with Crippen LogP contribution in [0.15, 0.2) is 0 Å². The van der Waals surface area contributed by atoms with Crippen LogP contribution < -0.4 is 0 Å². The Balaban J connectivity index is 1.84. The van der Waals surface area contributed by atoms with Gasteiger partial charge in [-0.25, -0.2) is 0 Å². The van der Waals surface area contributed by atoms with Crippen molar-refractivity contribution < 1.29 is 4.79 Å². The summed E-state index contributed by atoms with van der Waals surface area (Å²) in [6, 6.07) is 0. The Labute approximate surface area is 105 Å². The van der Waals surface area contributed by atoms with Gasteiger partial charge in [-0.3, -0.25) is 4.79 Å². The predicted octanol–water partition coefficient (Wildman–Crippen LogP) is 3.36. The zero-order chi connectivity index (χ0) is 12.3. The van der Waals surface area contributed by atoms with Crippen molar-refractivity contribution in [3.8, 4) is 0 Å². The van der Waals surface area contributed by atoms with E-state index in [0.717, 1.165) is 13.0 Å². The Morgan fingerprint density at radius 1 is 0.882 bits per heavy atom. The lowest BCUT2D eigenvalue weighted by molar-refractivity contribution is -0.146. The van der Waals surface area contributed by atoms with Crippen LogP contribution in [-0.2, 0) is 4.79 Å². The average molecular weight is 235 g/mol. The van der Waals surface area contributed by atoms with Gasteiger partial charge in [-0.05, 0) is 50.4 Å². The summed E-state index contributed by atoms with van der Waals surface area (Å²) >= 11 is 0. The number of amides is 1. The first-order valence-electron chi connectivity index (χ1n) is 7.19. The van der Waals surface area contributed by atoms with E-state index in [0.29, 0.717) is 11.3 Å². The van der Waals surface area contributed by atoms with Crippen molar-refractivity contribution in [3.63, 3.8) is 0 Å². The van der Waals surface area contributed by atoms with Gasteiger partial charge in [0, 0.05) is 17.5 Å². The maximum Gasteiger partial charge on any atom is 0.228 e. The molecule has 2 bridgehead atoms. The van der Waals surface area contributed by atoms with Crippen molar-refractivity contribution in [1.29, 1.82) is 0 Å². The molecule has 1 heterocycles. The van der Waals surface area contributed by atoms with Crippen molar-refractivity contribution >= 4 is 5.91 Å². The summed E-state index contributed by atoms with van der Waals surface area (Å²) in [7, 11) is 0. The van der Waals surface area contributed by atoms with Crippen LogP contribution in [0.25, 0.3) is 0 Å². The second-order valence-corrected chi connectivity index (χ2v) is 7.63. The fourth-order valence-electron chi connectivity index (χ4n) is 4.18. The molecule has 0 spiro atoms. The normalized spacial score (nSPS) is 44.4. The van der Waals surface area contributed by atoms with E-state index in [9.17, 15) is 4.79 Å². The molecule has 3 saturated carbocycles. The second-order valence-electron chi connectivity index (χ2n) is 7.63. The Morgan fingerprint density at radius 2 is 1.41 bits per heavy atom. The second kappa shape index (κ2) is 3.27. The van der Waals surface area contributed by atoms with Gasteiger partial charge < -0.3 is 4.90 Å². The van der Waals surface area contributed by atoms with Crippen molar-refractivity contribution in [2.24, 2.45) is 10.8 Å². The van der Waals surface area contributed by atoms with E-state index in [-0.39, 0.29) is 11.0 Å². The summed E-state index contributed by atoms with van der Waals surface area (Å²) in [5.74, 6) is 0.419. The van der Waals surface area contributed by atoms with Crippen LogP contribution in [-0.4, -0.2) is 22.9 Å². The molecule has 4 rings (SSSR count). The van der Waals surface area contributed by atoms with Gasteiger partial charge in [0.2, 0.25) is 5.91 Å². The first-order valence-corrected chi connectivity index (χ1v) is 7.19. The van der Waals surface area contributed by atoms with Crippen LogP contribution in [0.1, 0.15) is 65.7 Å². The zero-order valence-electron chi connectivity index (χ0n) is 11.5. The smallest absolute Gasteiger partial charge is 0.228 e. The van der Waals surface area contributed by atoms with Crippen LogP contribution >= 0.6 is 0 Å². The van der Waals surface area contributed by atoms with Crippen LogP contribution in [0, 0.1) is 10.8 Å². The van der Waals surface area contributed by atoms with Gasteiger partial charge in [0.1, 0.15) is 0 Å². The van der Waals surface area contributed by atoms with E-state index >= 15 is 0 Å². The van der Waals surface area contributed by atoms with Crippen molar-refractivity contribution in [1.82, 2.24) is 4.90 Å². The monoisotopic (exact) mass is 235 g/mol. The van der Waals surface area contributed by atoms with Crippen LogP contribution in [0.4, 0.5) is 0 Å². The fraction of sp³-hybridized carbons (Fsp3) is 0.933. The maximum atomic E-state index is 12.5. The van der Waals surface area contributed by atoms with Gasteiger partial charge in [0.05, 0.1) is 0 Å². The lowest BCUT2D eigenvalue weighted by atomic mass is 9.57. The molecule has 0 radical (unpaired) electrons. The number of hydrogen-bond donors (Lipinski definition) is 0. The van der Waals surface area contributed by atoms with Gasteiger partial charge in [-0.15, -0.1) is 0 Å². The molecule has 1 saturated heterocycles. The van der Waals surface area contributed by atoms with Gasteiger partial charge in [-0.1, -0.05) is 20.8 Å². The Bertz CT molecular complexity index is 333. The number of carbonyl (C=O) groups excluding carboxylic acids is 1. The van der Waals surface area contributed by atoms with E-state index in [1.807, 2.05) is 0 Å². The van der Waals surface area contributed by atoms with E-state index in [2.05, 4.69) is 25.7 Å². The van der Waals surface area contributed by atoms with Crippen LogP contribution in [0.2, 0.25) is 0 Å². The lowest BCUT2D eigenvalue weighted by Crippen LogP contribution is -2.57. The Hall–Kier alpha value is -0.530. The molecule has 2 nitrogen and oxygen atoms in total. The maximum absolute atomic E-state index is 12.5. The third-order valence-corrected chi connectivity index (χ3v) is 5.94. The van der Waals surface area contributed by atoms with Crippen molar-refractivity contribution in [3.05, 3.63) is 0 Å². The summed E-state index contributed by atoms with van der Waals surface area (Å²) in [6.07, 6.45) is 8.80.